The highest BCUT2D eigenvalue weighted by atomic mass is 35.5. The summed E-state index contributed by atoms with van der Waals surface area (Å²) in [5, 5.41) is 8.92. The molecule has 0 radical (unpaired) electrons. The number of aromatic nitrogens is 5. The maximum absolute atomic E-state index is 13.2. The van der Waals surface area contributed by atoms with Crippen LogP contribution in [0.5, 0.6) is 0 Å². The van der Waals surface area contributed by atoms with E-state index < -0.39 is 25.6 Å². The molecule has 0 saturated carbocycles. The molecule has 0 bridgehead atoms. The van der Waals surface area contributed by atoms with Crippen LogP contribution in [0.4, 0.5) is 0 Å². The van der Waals surface area contributed by atoms with Crippen molar-refractivity contribution < 1.29 is 16.8 Å². The van der Waals surface area contributed by atoms with Crippen LogP contribution in [-0.4, -0.2) is 77.6 Å². The molecule has 212 valence electrons. The van der Waals surface area contributed by atoms with Crippen molar-refractivity contribution in [2.24, 2.45) is 0 Å². The number of rotatable bonds is 7. The molecule has 40 heavy (non-hydrogen) atoms. The number of halogens is 2. The zero-order valence-corrected chi connectivity index (χ0v) is 24.6. The van der Waals surface area contributed by atoms with E-state index >= 15 is 0 Å². The van der Waals surface area contributed by atoms with Gasteiger partial charge in [-0.05, 0) is 49.2 Å². The third-order valence-corrected chi connectivity index (χ3v) is 11.3. The lowest BCUT2D eigenvalue weighted by Gasteiger charge is -2.30. The summed E-state index contributed by atoms with van der Waals surface area (Å²) in [6.07, 6.45) is 0.831. The Balaban J connectivity index is 1.35. The third-order valence-electron chi connectivity index (χ3n) is 6.84. The monoisotopic (exact) mass is 625 g/mol. The van der Waals surface area contributed by atoms with Gasteiger partial charge in [0.15, 0.2) is 11.2 Å². The van der Waals surface area contributed by atoms with E-state index in [9.17, 15) is 21.6 Å². The first-order chi connectivity index (χ1) is 18.9. The van der Waals surface area contributed by atoms with Gasteiger partial charge < -0.3 is 4.98 Å². The van der Waals surface area contributed by atoms with Crippen molar-refractivity contribution in [3.05, 3.63) is 74.3 Å². The second-order valence-electron chi connectivity index (χ2n) is 9.51. The Hall–Kier alpha value is -2.88. The minimum atomic E-state index is -3.85. The Kier molecular flexibility index (Phi) is 7.76. The van der Waals surface area contributed by atoms with Crippen molar-refractivity contribution in [1.82, 2.24) is 33.6 Å². The summed E-state index contributed by atoms with van der Waals surface area (Å²) in [6.45, 7) is 0.550. The Morgan fingerprint density at radius 3 is 2.17 bits per heavy atom. The van der Waals surface area contributed by atoms with E-state index in [0.717, 1.165) is 4.31 Å². The minimum absolute atomic E-state index is 0.00446. The zero-order chi connectivity index (χ0) is 28.8. The van der Waals surface area contributed by atoms with Gasteiger partial charge >= 0.3 is 0 Å². The van der Waals surface area contributed by atoms with Gasteiger partial charge in [-0.25, -0.2) is 30.8 Å². The van der Waals surface area contributed by atoms with Crippen LogP contribution in [0.3, 0.4) is 0 Å². The molecule has 0 spiro atoms. The van der Waals surface area contributed by atoms with E-state index in [1.165, 1.54) is 47.3 Å². The highest BCUT2D eigenvalue weighted by Gasteiger charge is 2.32. The molecule has 0 unspecified atom stereocenters. The van der Waals surface area contributed by atoms with Crippen LogP contribution in [0.25, 0.3) is 11.2 Å². The first-order valence-corrected chi connectivity index (χ1v) is 15.8. The summed E-state index contributed by atoms with van der Waals surface area (Å²) in [5.74, 6) is 0.213. The fourth-order valence-corrected chi connectivity index (χ4v) is 7.42. The maximum atomic E-state index is 13.2. The van der Waals surface area contributed by atoms with Gasteiger partial charge in [-0.2, -0.15) is 4.31 Å². The van der Waals surface area contributed by atoms with Gasteiger partial charge in [-0.15, -0.1) is 5.10 Å². The SMILES string of the molecule is CN(C)S(=O)(=O)c1ccc(S(=O)(=O)N2CCC(c3nc4c(nnn4Cc4c(Cl)cccc4Cl)c(=O)[nH]3)CC2)cc1. The van der Waals surface area contributed by atoms with E-state index in [1.54, 1.807) is 18.2 Å². The van der Waals surface area contributed by atoms with Gasteiger partial charge in [0.25, 0.3) is 5.56 Å². The Morgan fingerprint density at radius 1 is 0.975 bits per heavy atom. The molecule has 1 fully saturated rings. The molecule has 0 amide bonds. The van der Waals surface area contributed by atoms with Crippen molar-refractivity contribution in [1.29, 1.82) is 0 Å². The molecule has 1 aliphatic rings. The number of fused-ring (bicyclic) bond motifs is 1. The second kappa shape index (κ2) is 10.8. The molecule has 0 atom stereocenters. The lowest BCUT2D eigenvalue weighted by atomic mass is 9.97. The number of sulfonamides is 2. The average Bonchev–Trinajstić information content (AvgIpc) is 3.34. The standard InChI is InChI=1S/C24H25Cl2N7O5S2/c1-31(2)39(35,36)16-6-8-17(9-7-16)40(37,38)32-12-10-15(11-13-32)22-27-23-21(24(34)28-22)29-30-33(23)14-18-19(25)4-3-5-20(18)26/h3-9,15H,10-14H2,1-2H3,(H,27,28,34). The summed E-state index contributed by atoms with van der Waals surface area (Å²) in [7, 11) is -4.72. The highest BCUT2D eigenvalue weighted by Crippen LogP contribution is 2.30. The van der Waals surface area contributed by atoms with Crippen LogP contribution in [0.15, 0.2) is 57.1 Å². The topological polar surface area (TPSA) is 151 Å². The van der Waals surface area contributed by atoms with Gasteiger partial charge in [0.2, 0.25) is 20.0 Å². The molecule has 4 aromatic rings. The largest absolute Gasteiger partial charge is 0.308 e. The molecule has 1 saturated heterocycles. The molecule has 3 heterocycles. The van der Waals surface area contributed by atoms with Crippen molar-refractivity contribution in [2.75, 3.05) is 27.2 Å². The highest BCUT2D eigenvalue weighted by molar-refractivity contribution is 7.89. The molecule has 2 aromatic carbocycles. The van der Waals surface area contributed by atoms with Gasteiger partial charge in [0, 0.05) is 48.7 Å². The van der Waals surface area contributed by atoms with Crippen LogP contribution in [0.2, 0.25) is 10.0 Å². The number of H-pyrrole nitrogens is 1. The number of benzene rings is 2. The number of hydrogen-bond donors (Lipinski definition) is 1. The summed E-state index contributed by atoms with van der Waals surface area (Å²) in [4.78, 5) is 20.2. The van der Waals surface area contributed by atoms with Gasteiger partial charge in [-0.1, -0.05) is 34.5 Å². The number of nitrogens with zero attached hydrogens (tertiary/aromatic N) is 6. The fourth-order valence-electron chi connectivity index (χ4n) is 4.53. The van der Waals surface area contributed by atoms with E-state index in [-0.39, 0.29) is 46.5 Å². The minimum Gasteiger partial charge on any atom is -0.308 e. The smallest absolute Gasteiger partial charge is 0.281 e. The van der Waals surface area contributed by atoms with E-state index in [1.807, 2.05) is 0 Å². The summed E-state index contributed by atoms with van der Waals surface area (Å²) in [6, 6.07) is 10.3. The normalized spacial score (nSPS) is 15.7. The molecular weight excluding hydrogens is 601 g/mol. The van der Waals surface area contributed by atoms with Gasteiger partial charge in [-0.3, -0.25) is 4.79 Å². The van der Waals surface area contributed by atoms with E-state index in [2.05, 4.69) is 20.3 Å². The fraction of sp³-hybridized carbons (Fsp3) is 0.333. The average molecular weight is 627 g/mol. The molecule has 5 rings (SSSR count). The summed E-state index contributed by atoms with van der Waals surface area (Å²) in [5.41, 5.74) is 0.524. The summed E-state index contributed by atoms with van der Waals surface area (Å²) >= 11 is 12.6. The van der Waals surface area contributed by atoms with Crippen molar-refractivity contribution in [3.8, 4) is 0 Å². The van der Waals surface area contributed by atoms with E-state index in [4.69, 9.17) is 23.2 Å². The molecule has 16 heteroatoms. The zero-order valence-electron chi connectivity index (χ0n) is 21.5. The van der Waals surface area contributed by atoms with Crippen LogP contribution in [0, 0.1) is 0 Å². The molecule has 1 aliphatic heterocycles. The van der Waals surface area contributed by atoms with Crippen LogP contribution in [-0.2, 0) is 26.6 Å². The number of nitrogens with one attached hydrogen (secondary N) is 1. The maximum Gasteiger partial charge on any atom is 0.281 e. The number of aromatic amines is 1. The first-order valence-electron chi connectivity index (χ1n) is 12.2. The van der Waals surface area contributed by atoms with E-state index in [0.29, 0.717) is 34.3 Å². The van der Waals surface area contributed by atoms with Gasteiger partial charge in [0.05, 0.1) is 16.3 Å². The Bertz CT molecular complexity index is 1830. The van der Waals surface area contributed by atoms with Crippen LogP contribution in [0.1, 0.15) is 30.1 Å². The molecule has 0 aliphatic carbocycles. The van der Waals surface area contributed by atoms with Crippen LogP contribution < -0.4 is 5.56 Å². The lowest BCUT2D eigenvalue weighted by Crippen LogP contribution is -2.38. The second-order valence-corrected chi connectivity index (χ2v) is 14.4. The Labute approximate surface area is 240 Å². The van der Waals surface area contributed by atoms with Crippen molar-refractivity contribution in [2.45, 2.75) is 35.1 Å². The lowest BCUT2D eigenvalue weighted by molar-refractivity contribution is 0.313. The quantitative estimate of drug-likeness (QED) is 0.329. The first kappa shape index (κ1) is 28.6. The number of piperidine rings is 1. The molecule has 1 N–H and O–H groups in total. The summed E-state index contributed by atoms with van der Waals surface area (Å²) < 4.78 is 55.0. The van der Waals surface area contributed by atoms with Crippen molar-refractivity contribution in [3.63, 3.8) is 0 Å². The van der Waals surface area contributed by atoms with Crippen LogP contribution >= 0.6 is 23.2 Å². The number of hydrogen-bond acceptors (Lipinski definition) is 8. The molecule has 2 aromatic heterocycles. The van der Waals surface area contributed by atoms with Gasteiger partial charge in [0.1, 0.15) is 5.82 Å². The third kappa shape index (κ3) is 5.27. The predicted molar refractivity (Wildman–Crippen MR) is 150 cm³/mol. The molecular formula is C24H25Cl2N7O5S2. The Morgan fingerprint density at radius 2 is 1.57 bits per heavy atom. The van der Waals surface area contributed by atoms with Crippen molar-refractivity contribution >= 4 is 54.4 Å². The molecule has 12 nitrogen and oxygen atoms in total. The predicted octanol–water partition coefficient (Wildman–Crippen LogP) is 2.69.